The molecule has 0 aliphatic heterocycles. The summed E-state index contributed by atoms with van der Waals surface area (Å²) in [4.78, 5) is 30.8. The number of non-ortho nitro benzene ring substituents is 2. The van der Waals surface area contributed by atoms with Crippen molar-refractivity contribution in [2.45, 2.75) is 0 Å². The summed E-state index contributed by atoms with van der Waals surface area (Å²) in [6, 6.07) is 2.51. The summed E-state index contributed by atoms with van der Waals surface area (Å²) in [5.74, 6) is 1.07. The third kappa shape index (κ3) is 3.02. The predicted molar refractivity (Wildman–Crippen MR) is 58.9 cm³/mol. The standard InChI is InChI=1S/C10H6N2O6/c1-2-3-18-10(13)7-4-8(11(14)15)6-9(5-7)12(16)17/h1,4-6H,3H2. The van der Waals surface area contributed by atoms with Gasteiger partial charge in [-0.3, -0.25) is 20.2 Å². The number of esters is 1. The number of carbonyl (C=O) groups is 1. The van der Waals surface area contributed by atoms with E-state index in [4.69, 9.17) is 6.42 Å². The first-order valence-corrected chi connectivity index (χ1v) is 4.50. The topological polar surface area (TPSA) is 113 Å². The highest BCUT2D eigenvalue weighted by molar-refractivity contribution is 5.91. The first-order chi connectivity index (χ1) is 8.45. The molecule has 0 spiro atoms. The number of carbonyl (C=O) groups excluding carboxylic acids is 1. The fourth-order valence-corrected chi connectivity index (χ4v) is 1.11. The maximum atomic E-state index is 11.4. The van der Waals surface area contributed by atoms with Gasteiger partial charge in [0.1, 0.15) is 0 Å². The van der Waals surface area contributed by atoms with E-state index >= 15 is 0 Å². The maximum absolute atomic E-state index is 11.4. The fourth-order valence-electron chi connectivity index (χ4n) is 1.11. The lowest BCUT2D eigenvalue weighted by Crippen LogP contribution is -2.06. The monoisotopic (exact) mass is 250 g/mol. The van der Waals surface area contributed by atoms with Crippen molar-refractivity contribution in [2.24, 2.45) is 0 Å². The summed E-state index contributed by atoms with van der Waals surface area (Å²) in [7, 11) is 0. The number of nitro benzene ring substituents is 2. The van der Waals surface area contributed by atoms with Gasteiger partial charge in [-0.05, 0) is 0 Å². The summed E-state index contributed by atoms with van der Waals surface area (Å²) >= 11 is 0. The number of rotatable bonds is 4. The van der Waals surface area contributed by atoms with E-state index < -0.39 is 27.2 Å². The van der Waals surface area contributed by atoms with E-state index in [0.717, 1.165) is 18.2 Å². The average Bonchev–Trinajstić information content (AvgIpc) is 2.35. The minimum Gasteiger partial charge on any atom is -0.449 e. The van der Waals surface area contributed by atoms with Crippen molar-refractivity contribution in [1.29, 1.82) is 0 Å². The van der Waals surface area contributed by atoms with Crippen molar-refractivity contribution >= 4 is 17.3 Å². The Labute approximate surface area is 100 Å². The molecular formula is C10H6N2O6. The summed E-state index contributed by atoms with van der Waals surface area (Å²) in [6.45, 7) is -0.324. The van der Waals surface area contributed by atoms with Gasteiger partial charge in [-0.2, -0.15) is 0 Å². The molecule has 0 saturated carbocycles. The molecule has 0 N–H and O–H groups in total. The zero-order valence-electron chi connectivity index (χ0n) is 8.86. The average molecular weight is 250 g/mol. The van der Waals surface area contributed by atoms with Crippen LogP contribution in [0.3, 0.4) is 0 Å². The maximum Gasteiger partial charge on any atom is 0.339 e. The molecular weight excluding hydrogens is 244 g/mol. The zero-order valence-corrected chi connectivity index (χ0v) is 8.86. The Bertz CT molecular complexity index is 528. The van der Waals surface area contributed by atoms with Gasteiger partial charge in [-0.1, -0.05) is 5.92 Å². The van der Waals surface area contributed by atoms with E-state index in [2.05, 4.69) is 4.74 Å². The van der Waals surface area contributed by atoms with E-state index in [1.807, 2.05) is 5.92 Å². The first kappa shape index (κ1) is 13.1. The van der Waals surface area contributed by atoms with Crippen LogP contribution in [-0.2, 0) is 4.74 Å². The minimum absolute atomic E-state index is 0.300. The van der Waals surface area contributed by atoms with Crippen LogP contribution < -0.4 is 0 Å². The van der Waals surface area contributed by atoms with E-state index in [0.29, 0.717) is 0 Å². The second kappa shape index (κ2) is 5.40. The van der Waals surface area contributed by atoms with E-state index in [9.17, 15) is 25.0 Å². The third-order valence-electron chi connectivity index (χ3n) is 1.85. The van der Waals surface area contributed by atoms with Crippen molar-refractivity contribution < 1.29 is 19.4 Å². The molecule has 0 atom stereocenters. The normalized spacial score (nSPS) is 9.28. The second-order valence-electron chi connectivity index (χ2n) is 3.03. The van der Waals surface area contributed by atoms with Crippen LogP contribution >= 0.6 is 0 Å². The van der Waals surface area contributed by atoms with E-state index in [-0.39, 0.29) is 12.2 Å². The Morgan fingerprint density at radius 1 is 1.22 bits per heavy atom. The van der Waals surface area contributed by atoms with Crippen LogP contribution in [0.5, 0.6) is 0 Å². The highest BCUT2D eigenvalue weighted by Crippen LogP contribution is 2.23. The molecule has 1 aromatic rings. The molecule has 1 aromatic carbocycles. The lowest BCUT2D eigenvalue weighted by atomic mass is 10.2. The Kier molecular flexibility index (Phi) is 3.93. The van der Waals surface area contributed by atoms with Crippen LogP contribution in [0.15, 0.2) is 18.2 Å². The van der Waals surface area contributed by atoms with Gasteiger partial charge >= 0.3 is 5.97 Å². The van der Waals surface area contributed by atoms with E-state index in [1.54, 1.807) is 0 Å². The van der Waals surface area contributed by atoms with Gasteiger partial charge in [0.2, 0.25) is 0 Å². The quantitative estimate of drug-likeness (QED) is 0.344. The van der Waals surface area contributed by atoms with Crippen molar-refractivity contribution in [3.63, 3.8) is 0 Å². The van der Waals surface area contributed by atoms with Crippen LogP contribution in [0, 0.1) is 32.6 Å². The predicted octanol–water partition coefficient (Wildman–Crippen LogP) is 1.29. The molecule has 1 rings (SSSR count). The number of benzene rings is 1. The molecule has 92 valence electrons. The first-order valence-electron chi connectivity index (χ1n) is 4.50. The Morgan fingerprint density at radius 2 is 1.72 bits per heavy atom. The van der Waals surface area contributed by atoms with Gasteiger partial charge in [0.15, 0.2) is 6.61 Å². The molecule has 0 aromatic heterocycles. The summed E-state index contributed by atoms with van der Waals surface area (Å²) < 4.78 is 4.53. The highest BCUT2D eigenvalue weighted by Gasteiger charge is 2.20. The Balaban J connectivity index is 3.19. The summed E-state index contributed by atoms with van der Waals surface area (Å²) in [6.07, 6.45) is 4.87. The highest BCUT2D eigenvalue weighted by atomic mass is 16.6. The van der Waals surface area contributed by atoms with Crippen LogP contribution in [0.4, 0.5) is 11.4 Å². The Hall–Kier alpha value is -2.95. The third-order valence-corrected chi connectivity index (χ3v) is 1.85. The molecule has 0 bridgehead atoms. The van der Waals surface area contributed by atoms with Gasteiger partial charge in [0.05, 0.1) is 21.5 Å². The number of ether oxygens (including phenoxy) is 1. The number of nitro groups is 2. The van der Waals surface area contributed by atoms with Crippen LogP contribution in [0.2, 0.25) is 0 Å². The SMILES string of the molecule is C#CCOC(=O)c1cc([N+](=O)[O-])cc([N+](=O)[O-])c1. The van der Waals surface area contributed by atoms with Crippen molar-refractivity contribution in [2.75, 3.05) is 6.61 Å². The largest absolute Gasteiger partial charge is 0.449 e. The minimum atomic E-state index is -0.959. The number of hydrogen-bond donors (Lipinski definition) is 0. The molecule has 0 amide bonds. The molecule has 0 aliphatic rings. The molecule has 0 radical (unpaired) electrons. The van der Waals surface area contributed by atoms with Crippen molar-refractivity contribution in [3.8, 4) is 12.3 Å². The smallest absolute Gasteiger partial charge is 0.339 e. The molecule has 0 heterocycles. The van der Waals surface area contributed by atoms with Crippen LogP contribution in [0.25, 0.3) is 0 Å². The Morgan fingerprint density at radius 3 is 2.11 bits per heavy atom. The lowest BCUT2D eigenvalue weighted by molar-refractivity contribution is -0.394. The van der Waals surface area contributed by atoms with Crippen LogP contribution in [-0.4, -0.2) is 22.4 Å². The van der Waals surface area contributed by atoms with Gasteiger partial charge < -0.3 is 4.74 Å². The molecule has 0 unspecified atom stereocenters. The van der Waals surface area contributed by atoms with Crippen molar-refractivity contribution in [3.05, 3.63) is 44.0 Å². The zero-order chi connectivity index (χ0) is 13.7. The second-order valence-corrected chi connectivity index (χ2v) is 3.03. The molecule has 18 heavy (non-hydrogen) atoms. The van der Waals surface area contributed by atoms with Gasteiger partial charge in [0, 0.05) is 12.1 Å². The molecule has 0 saturated heterocycles. The van der Waals surface area contributed by atoms with Gasteiger partial charge in [-0.25, -0.2) is 4.79 Å². The molecule has 8 heteroatoms. The molecule has 0 fully saturated rings. The van der Waals surface area contributed by atoms with Gasteiger partial charge in [0.25, 0.3) is 11.4 Å². The summed E-state index contributed by atoms with van der Waals surface area (Å²) in [5.41, 5.74) is -1.44. The number of terminal acetylenes is 1. The molecule has 0 aliphatic carbocycles. The fraction of sp³-hybridized carbons (Fsp3) is 0.100. The number of hydrogen-bond acceptors (Lipinski definition) is 6. The lowest BCUT2D eigenvalue weighted by Gasteiger charge is -2.01. The van der Waals surface area contributed by atoms with Crippen LogP contribution in [0.1, 0.15) is 10.4 Å². The number of nitrogens with zero attached hydrogens (tertiary/aromatic N) is 2. The van der Waals surface area contributed by atoms with Crippen molar-refractivity contribution in [1.82, 2.24) is 0 Å². The summed E-state index contributed by atoms with van der Waals surface area (Å²) in [5, 5.41) is 21.1. The molecule has 8 nitrogen and oxygen atoms in total. The van der Waals surface area contributed by atoms with E-state index in [1.165, 1.54) is 0 Å². The van der Waals surface area contributed by atoms with Gasteiger partial charge in [-0.15, -0.1) is 6.42 Å².